The Balaban J connectivity index is 0.00000288. The van der Waals surface area contributed by atoms with Gasteiger partial charge in [-0.2, -0.15) is 0 Å². The third-order valence-electron chi connectivity index (χ3n) is 4.24. The van der Waals surface area contributed by atoms with Crippen molar-refractivity contribution in [3.8, 4) is 5.75 Å². The van der Waals surface area contributed by atoms with Gasteiger partial charge in [-0.05, 0) is 49.5 Å². The first-order valence-corrected chi connectivity index (χ1v) is 7.99. The van der Waals surface area contributed by atoms with Crippen LogP contribution < -0.4 is 21.1 Å². The lowest BCUT2D eigenvalue weighted by atomic mass is 9.81. The number of piperidine rings is 1. The Hall–Kier alpha value is -1.79. The van der Waals surface area contributed by atoms with E-state index in [0.717, 1.165) is 25.9 Å². The van der Waals surface area contributed by atoms with Crippen molar-refractivity contribution in [1.82, 2.24) is 10.6 Å². The predicted molar refractivity (Wildman–Crippen MR) is 95.5 cm³/mol. The molecule has 1 aliphatic heterocycles. The molecule has 0 bridgehead atoms. The number of amides is 2. The van der Waals surface area contributed by atoms with Crippen LogP contribution in [0.2, 0.25) is 0 Å². The van der Waals surface area contributed by atoms with Crippen LogP contribution in [0.15, 0.2) is 24.3 Å². The molecule has 6 nitrogen and oxygen atoms in total. The Kier molecular flexibility index (Phi) is 8.01. The van der Waals surface area contributed by atoms with Crippen LogP contribution >= 0.6 is 12.4 Å². The number of carbonyl (C=O) groups excluding carboxylic acids is 2. The van der Waals surface area contributed by atoms with Crippen molar-refractivity contribution in [2.24, 2.45) is 11.1 Å². The minimum Gasteiger partial charge on any atom is -0.493 e. The number of rotatable bonds is 7. The summed E-state index contributed by atoms with van der Waals surface area (Å²) < 4.78 is 5.51. The molecule has 2 rings (SSSR count). The monoisotopic (exact) mass is 355 g/mol. The molecule has 1 aromatic rings. The number of primary amides is 1. The van der Waals surface area contributed by atoms with E-state index in [1.165, 1.54) is 0 Å². The second-order valence-electron chi connectivity index (χ2n) is 6.33. The number of benzene rings is 1. The molecule has 0 aliphatic carbocycles. The number of ether oxygens (including phenoxy) is 1. The van der Waals surface area contributed by atoms with Gasteiger partial charge in [0.1, 0.15) is 5.75 Å². The summed E-state index contributed by atoms with van der Waals surface area (Å²) in [5.74, 6) is 0.0265. The molecular weight excluding hydrogens is 330 g/mol. The topological polar surface area (TPSA) is 93.4 Å². The summed E-state index contributed by atoms with van der Waals surface area (Å²) in [6, 6.07) is 6.64. The molecule has 0 saturated carbocycles. The highest BCUT2D eigenvalue weighted by Crippen LogP contribution is 2.26. The highest BCUT2D eigenvalue weighted by molar-refractivity contribution is 5.93. The fourth-order valence-electron chi connectivity index (χ4n) is 2.61. The molecule has 24 heavy (non-hydrogen) atoms. The van der Waals surface area contributed by atoms with E-state index in [1.807, 2.05) is 0 Å². The fraction of sp³-hybridized carbons (Fsp3) is 0.529. The van der Waals surface area contributed by atoms with Gasteiger partial charge in [-0.25, -0.2) is 0 Å². The number of carbonyl (C=O) groups is 2. The zero-order chi connectivity index (χ0) is 16.7. The van der Waals surface area contributed by atoms with Gasteiger partial charge >= 0.3 is 0 Å². The molecule has 0 atom stereocenters. The maximum atomic E-state index is 11.9. The van der Waals surface area contributed by atoms with Gasteiger partial charge in [0.25, 0.3) is 0 Å². The summed E-state index contributed by atoms with van der Waals surface area (Å²) in [7, 11) is 0. The third kappa shape index (κ3) is 6.37. The van der Waals surface area contributed by atoms with Crippen LogP contribution in [0, 0.1) is 5.41 Å². The average Bonchev–Trinajstić information content (AvgIpc) is 2.54. The van der Waals surface area contributed by atoms with E-state index >= 15 is 0 Å². The van der Waals surface area contributed by atoms with Gasteiger partial charge in [0.15, 0.2) is 0 Å². The smallest absolute Gasteiger partial charge is 0.248 e. The van der Waals surface area contributed by atoms with Gasteiger partial charge in [-0.15, -0.1) is 12.4 Å². The molecule has 0 aromatic heterocycles. The van der Waals surface area contributed by atoms with E-state index in [0.29, 0.717) is 17.9 Å². The Morgan fingerprint density at radius 1 is 1.33 bits per heavy atom. The number of hydrogen-bond donors (Lipinski definition) is 3. The summed E-state index contributed by atoms with van der Waals surface area (Å²) in [6.07, 6.45) is 2.43. The zero-order valence-electron chi connectivity index (χ0n) is 14.0. The first kappa shape index (κ1) is 20.3. The Bertz CT molecular complexity index is 560. The fourth-order valence-corrected chi connectivity index (χ4v) is 2.61. The third-order valence-corrected chi connectivity index (χ3v) is 4.24. The van der Waals surface area contributed by atoms with Crippen LogP contribution in [0.25, 0.3) is 0 Å². The standard InChI is InChI=1S/C17H25N3O3.ClH/c1-17(6-8-19-9-7-17)12-20-15(21)5-10-23-14-4-2-3-13(11-14)16(18)22;/h2-4,11,19H,5-10,12H2,1H3,(H2,18,22)(H,20,21);1H. The van der Waals surface area contributed by atoms with E-state index in [1.54, 1.807) is 24.3 Å². The van der Waals surface area contributed by atoms with E-state index in [9.17, 15) is 9.59 Å². The lowest BCUT2D eigenvalue weighted by Gasteiger charge is -2.34. The van der Waals surface area contributed by atoms with Crippen LogP contribution in [0.5, 0.6) is 5.75 Å². The quantitative estimate of drug-likeness (QED) is 0.690. The SMILES string of the molecule is CC1(CNC(=O)CCOc2cccc(C(N)=O)c2)CCNCC1.Cl. The average molecular weight is 356 g/mol. The van der Waals surface area contributed by atoms with Crippen molar-refractivity contribution in [3.63, 3.8) is 0 Å². The van der Waals surface area contributed by atoms with Gasteiger partial charge < -0.3 is 21.1 Å². The van der Waals surface area contributed by atoms with E-state index in [2.05, 4.69) is 17.6 Å². The molecule has 1 fully saturated rings. The zero-order valence-corrected chi connectivity index (χ0v) is 14.8. The lowest BCUT2D eigenvalue weighted by molar-refractivity contribution is -0.122. The molecule has 0 radical (unpaired) electrons. The van der Waals surface area contributed by atoms with Crippen LogP contribution in [-0.2, 0) is 4.79 Å². The Morgan fingerprint density at radius 2 is 2.04 bits per heavy atom. The number of halogens is 1. The summed E-state index contributed by atoms with van der Waals surface area (Å²) in [4.78, 5) is 23.0. The van der Waals surface area contributed by atoms with E-state index in [-0.39, 0.29) is 36.8 Å². The lowest BCUT2D eigenvalue weighted by Crippen LogP contribution is -2.43. The van der Waals surface area contributed by atoms with Crippen LogP contribution in [0.1, 0.15) is 36.5 Å². The van der Waals surface area contributed by atoms with Crippen LogP contribution in [0.3, 0.4) is 0 Å². The molecule has 7 heteroatoms. The van der Waals surface area contributed by atoms with Crippen molar-refractivity contribution in [3.05, 3.63) is 29.8 Å². The summed E-state index contributed by atoms with van der Waals surface area (Å²) in [5.41, 5.74) is 5.79. The van der Waals surface area contributed by atoms with Gasteiger partial charge in [0.2, 0.25) is 11.8 Å². The largest absolute Gasteiger partial charge is 0.493 e. The first-order valence-electron chi connectivity index (χ1n) is 7.99. The molecule has 0 unspecified atom stereocenters. The van der Waals surface area contributed by atoms with Gasteiger partial charge in [-0.1, -0.05) is 13.0 Å². The second-order valence-corrected chi connectivity index (χ2v) is 6.33. The predicted octanol–water partition coefficient (Wildman–Crippen LogP) is 1.48. The Morgan fingerprint density at radius 3 is 2.71 bits per heavy atom. The van der Waals surface area contributed by atoms with Crippen molar-refractivity contribution >= 4 is 24.2 Å². The summed E-state index contributed by atoms with van der Waals surface area (Å²) in [6.45, 7) is 5.19. The normalized spacial score (nSPS) is 15.9. The number of nitrogens with two attached hydrogens (primary N) is 1. The summed E-state index contributed by atoms with van der Waals surface area (Å²) in [5, 5.41) is 6.31. The maximum absolute atomic E-state index is 11.9. The molecule has 1 aromatic carbocycles. The van der Waals surface area contributed by atoms with Gasteiger partial charge in [0.05, 0.1) is 13.0 Å². The minimum absolute atomic E-state index is 0. The summed E-state index contributed by atoms with van der Waals surface area (Å²) >= 11 is 0. The molecule has 1 saturated heterocycles. The van der Waals surface area contributed by atoms with Crippen LogP contribution in [0.4, 0.5) is 0 Å². The molecule has 4 N–H and O–H groups in total. The van der Waals surface area contributed by atoms with Gasteiger partial charge in [-0.3, -0.25) is 9.59 Å². The van der Waals surface area contributed by atoms with E-state index < -0.39 is 5.91 Å². The molecule has 1 aliphatic rings. The molecular formula is C17H26ClN3O3. The van der Waals surface area contributed by atoms with E-state index in [4.69, 9.17) is 10.5 Å². The number of nitrogens with one attached hydrogen (secondary N) is 2. The maximum Gasteiger partial charge on any atom is 0.248 e. The molecule has 1 heterocycles. The second kappa shape index (κ2) is 9.49. The van der Waals surface area contributed by atoms with Crippen LogP contribution in [-0.4, -0.2) is 38.1 Å². The molecule has 134 valence electrons. The number of hydrogen-bond acceptors (Lipinski definition) is 4. The Labute approximate surface area is 148 Å². The van der Waals surface area contributed by atoms with Crippen molar-refractivity contribution < 1.29 is 14.3 Å². The highest BCUT2D eigenvalue weighted by Gasteiger charge is 2.26. The van der Waals surface area contributed by atoms with Gasteiger partial charge in [0, 0.05) is 12.1 Å². The molecule has 2 amide bonds. The van der Waals surface area contributed by atoms with Crippen molar-refractivity contribution in [2.75, 3.05) is 26.2 Å². The molecule has 0 spiro atoms. The van der Waals surface area contributed by atoms with Crippen molar-refractivity contribution in [2.45, 2.75) is 26.2 Å². The highest BCUT2D eigenvalue weighted by atomic mass is 35.5. The van der Waals surface area contributed by atoms with Crippen molar-refractivity contribution in [1.29, 1.82) is 0 Å². The minimum atomic E-state index is -0.497. The first-order chi connectivity index (χ1) is 11.0.